The van der Waals surface area contributed by atoms with Gasteiger partial charge >= 0.3 is 0 Å². The van der Waals surface area contributed by atoms with Gasteiger partial charge in [-0.1, -0.05) is 12.5 Å². The van der Waals surface area contributed by atoms with E-state index in [0.717, 1.165) is 6.07 Å². The van der Waals surface area contributed by atoms with Crippen molar-refractivity contribution in [1.29, 1.82) is 0 Å². The maximum atomic E-state index is 13.1. The molecule has 1 unspecified atom stereocenters. The smallest absolute Gasteiger partial charge is 0.159 e. The highest BCUT2D eigenvalue weighted by molar-refractivity contribution is 5.21. The number of nitrogens with zero attached hydrogens (tertiary/aromatic N) is 1. The predicted molar refractivity (Wildman–Crippen MR) is 63.6 cm³/mol. The van der Waals surface area contributed by atoms with E-state index in [0.29, 0.717) is 18.2 Å². The van der Waals surface area contributed by atoms with Crippen LogP contribution in [0.15, 0.2) is 18.2 Å². The number of benzene rings is 1. The number of hydrogen-bond donors (Lipinski definition) is 1. The van der Waals surface area contributed by atoms with Gasteiger partial charge in [0.25, 0.3) is 0 Å². The lowest BCUT2D eigenvalue weighted by molar-refractivity contribution is 0.151. The fraction of sp³-hybridized carbons (Fsp3) is 0.538. The standard InChI is InChI=1S/C13H18F2N2/c1-17(10-3-2-4-10)8-13(16)9-5-6-11(14)12(15)7-9/h5-7,10,13H,2-4,8,16H2,1H3. The third-order valence-corrected chi connectivity index (χ3v) is 3.55. The van der Waals surface area contributed by atoms with E-state index in [1.807, 2.05) is 7.05 Å². The normalized spacial score (nSPS) is 18.2. The highest BCUT2D eigenvalue weighted by Gasteiger charge is 2.23. The molecule has 1 aliphatic carbocycles. The van der Waals surface area contributed by atoms with Gasteiger partial charge in [0.1, 0.15) is 0 Å². The molecule has 0 bridgehead atoms. The first-order valence-electron chi connectivity index (χ1n) is 5.98. The summed E-state index contributed by atoms with van der Waals surface area (Å²) in [4.78, 5) is 2.20. The van der Waals surface area contributed by atoms with Gasteiger partial charge in [-0.25, -0.2) is 8.78 Å². The van der Waals surface area contributed by atoms with Gasteiger partial charge in [0.15, 0.2) is 11.6 Å². The van der Waals surface area contributed by atoms with Crippen molar-refractivity contribution >= 4 is 0 Å². The zero-order valence-electron chi connectivity index (χ0n) is 10.00. The molecule has 1 aliphatic rings. The van der Waals surface area contributed by atoms with Gasteiger partial charge in [0.05, 0.1) is 0 Å². The minimum atomic E-state index is -0.829. The molecule has 2 nitrogen and oxygen atoms in total. The summed E-state index contributed by atoms with van der Waals surface area (Å²) in [5.74, 6) is -1.66. The molecule has 0 radical (unpaired) electrons. The summed E-state index contributed by atoms with van der Waals surface area (Å²) in [6.07, 6.45) is 3.69. The second-order valence-electron chi connectivity index (χ2n) is 4.80. The first-order chi connectivity index (χ1) is 8.08. The third-order valence-electron chi connectivity index (χ3n) is 3.55. The van der Waals surface area contributed by atoms with Crippen LogP contribution in [0.2, 0.25) is 0 Å². The lowest BCUT2D eigenvalue weighted by Gasteiger charge is -2.36. The Hall–Kier alpha value is -1.00. The maximum absolute atomic E-state index is 13.1. The molecule has 17 heavy (non-hydrogen) atoms. The van der Waals surface area contributed by atoms with Crippen LogP contribution in [-0.2, 0) is 0 Å². The van der Waals surface area contributed by atoms with Crippen molar-refractivity contribution in [3.8, 4) is 0 Å². The van der Waals surface area contributed by atoms with Crippen LogP contribution in [0.4, 0.5) is 8.78 Å². The minimum Gasteiger partial charge on any atom is -0.323 e. The number of likely N-dealkylation sites (N-methyl/N-ethyl adjacent to an activating group) is 1. The van der Waals surface area contributed by atoms with Crippen LogP contribution in [0.3, 0.4) is 0 Å². The van der Waals surface area contributed by atoms with Crippen LogP contribution in [0.25, 0.3) is 0 Å². The summed E-state index contributed by atoms with van der Waals surface area (Å²) in [5.41, 5.74) is 6.65. The summed E-state index contributed by atoms with van der Waals surface area (Å²) >= 11 is 0. The Morgan fingerprint density at radius 1 is 1.35 bits per heavy atom. The van der Waals surface area contributed by atoms with Gasteiger partial charge in [-0.05, 0) is 37.6 Å². The summed E-state index contributed by atoms with van der Waals surface area (Å²) in [7, 11) is 2.03. The second kappa shape index (κ2) is 5.10. The summed E-state index contributed by atoms with van der Waals surface area (Å²) in [6.45, 7) is 0.676. The van der Waals surface area contributed by atoms with Crippen molar-refractivity contribution in [3.63, 3.8) is 0 Å². The molecule has 2 N–H and O–H groups in total. The minimum absolute atomic E-state index is 0.268. The van der Waals surface area contributed by atoms with E-state index in [2.05, 4.69) is 4.90 Å². The first kappa shape index (κ1) is 12.5. The maximum Gasteiger partial charge on any atom is 0.159 e. The first-order valence-corrected chi connectivity index (χ1v) is 5.98. The molecule has 0 heterocycles. The second-order valence-corrected chi connectivity index (χ2v) is 4.80. The van der Waals surface area contributed by atoms with Crippen molar-refractivity contribution in [3.05, 3.63) is 35.4 Å². The highest BCUT2D eigenvalue weighted by Crippen LogP contribution is 2.25. The van der Waals surface area contributed by atoms with Gasteiger partial charge in [-0.15, -0.1) is 0 Å². The predicted octanol–water partition coefficient (Wildman–Crippen LogP) is 2.45. The Balaban J connectivity index is 1.98. The van der Waals surface area contributed by atoms with Gasteiger partial charge < -0.3 is 10.6 Å². The zero-order valence-corrected chi connectivity index (χ0v) is 10.00. The average Bonchev–Trinajstić information content (AvgIpc) is 2.19. The summed E-state index contributed by atoms with van der Waals surface area (Å²) < 4.78 is 25.9. The molecule has 0 amide bonds. The van der Waals surface area contributed by atoms with E-state index >= 15 is 0 Å². The number of hydrogen-bond acceptors (Lipinski definition) is 2. The zero-order chi connectivity index (χ0) is 12.4. The topological polar surface area (TPSA) is 29.3 Å². The number of nitrogens with two attached hydrogens (primary N) is 1. The van der Waals surface area contributed by atoms with Gasteiger partial charge in [0.2, 0.25) is 0 Å². The Bertz CT molecular complexity index is 391. The van der Waals surface area contributed by atoms with Crippen molar-refractivity contribution in [2.75, 3.05) is 13.6 Å². The van der Waals surface area contributed by atoms with Gasteiger partial charge in [-0.3, -0.25) is 0 Å². The monoisotopic (exact) mass is 240 g/mol. The van der Waals surface area contributed by atoms with Crippen LogP contribution < -0.4 is 5.73 Å². The number of halogens is 2. The van der Waals surface area contributed by atoms with E-state index < -0.39 is 11.6 Å². The van der Waals surface area contributed by atoms with Crippen molar-refractivity contribution in [2.24, 2.45) is 5.73 Å². The van der Waals surface area contributed by atoms with Crippen molar-refractivity contribution < 1.29 is 8.78 Å². The van der Waals surface area contributed by atoms with Crippen LogP contribution in [0, 0.1) is 11.6 Å². The van der Waals surface area contributed by atoms with Crippen LogP contribution in [0.5, 0.6) is 0 Å². The molecular weight excluding hydrogens is 222 g/mol. The van der Waals surface area contributed by atoms with E-state index in [9.17, 15) is 8.78 Å². The van der Waals surface area contributed by atoms with E-state index in [-0.39, 0.29) is 6.04 Å². The third kappa shape index (κ3) is 2.82. The van der Waals surface area contributed by atoms with E-state index in [4.69, 9.17) is 5.73 Å². The summed E-state index contributed by atoms with van der Waals surface area (Å²) in [6, 6.07) is 4.21. The largest absolute Gasteiger partial charge is 0.323 e. The highest BCUT2D eigenvalue weighted by atomic mass is 19.2. The molecule has 1 saturated carbocycles. The Labute approximate surface area is 100 Å². The molecule has 1 fully saturated rings. The molecule has 0 spiro atoms. The molecule has 0 aliphatic heterocycles. The molecular formula is C13H18F2N2. The Kier molecular flexibility index (Phi) is 3.74. The van der Waals surface area contributed by atoms with Gasteiger partial charge in [-0.2, -0.15) is 0 Å². The van der Waals surface area contributed by atoms with Crippen LogP contribution in [0.1, 0.15) is 30.9 Å². The fourth-order valence-corrected chi connectivity index (χ4v) is 2.14. The number of rotatable bonds is 4. The van der Waals surface area contributed by atoms with Crippen LogP contribution in [-0.4, -0.2) is 24.5 Å². The molecule has 1 aromatic rings. The van der Waals surface area contributed by atoms with E-state index in [1.54, 1.807) is 6.07 Å². The molecule has 94 valence electrons. The fourth-order valence-electron chi connectivity index (χ4n) is 2.14. The quantitative estimate of drug-likeness (QED) is 0.876. The van der Waals surface area contributed by atoms with E-state index in [1.165, 1.54) is 25.3 Å². The Morgan fingerprint density at radius 2 is 2.06 bits per heavy atom. The van der Waals surface area contributed by atoms with Gasteiger partial charge in [0, 0.05) is 18.6 Å². The molecule has 2 rings (SSSR count). The van der Waals surface area contributed by atoms with Crippen LogP contribution >= 0.6 is 0 Å². The van der Waals surface area contributed by atoms with Crippen molar-refractivity contribution in [2.45, 2.75) is 31.3 Å². The molecule has 1 atom stereocenters. The molecule has 0 aromatic heterocycles. The van der Waals surface area contributed by atoms with Crippen molar-refractivity contribution in [1.82, 2.24) is 4.90 Å². The lowest BCUT2D eigenvalue weighted by Crippen LogP contribution is -2.41. The average molecular weight is 240 g/mol. The summed E-state index contributed by atoms with van der Waals surface area (Å²) in [5, 5.41) is 0. The molecule has 0 saturated heterocycles. The SMILES string of the molecule is CN(CC(N)c1ccc(F)c(F)c1)C1CCC1. The molecule has 4 heteroatoms. The lowest BCUT2D eigenvalue weighted by atomic mass is 9.91. The molecule has 1 aromatic carbocycles. The Morgan fingerprint density at radius 3 is 2.59 bits per heavy atom.